The number of nitrogens with one attached hydrogen (secondary N) is 1. The molecule has 0 bridgehead atoms. The fraction of sp³-hybridized carbons (Fsp3) is 0.474. The Morgan fingerprint density at radius 1 is 1.25 bits per heavy atom. The topological polar surface area (TPSA) is 58.6 Å². The van der Waals surface area contributed by atoms with Gasteiger partial charge in [-0.15, -0.1) is 0 Å². The first-order valence-electron chi connectivity index (χ1n) is 8.56. The highest BCUT2D eigenvalue weighted by Crippen LogP contribution is 2.29. The number of ether oxygens (including phenoxy) is 1. The van der Waals surface area contributed by atoms with Gasteiger partial charge in [-0.1, -0.05) is 12.1 Å². The van der Waals surface area contributed by atoms with E-state index in [1.165, 1.54) is 0 Å². The van der Waals surface area contributed by atoms with Crippen molar-refractivity contribution in [2.45, 2.75) is 25.3 Å². The predicted molar refractivity (Wildman–Crippen MR) is 92.5 cm³/mol. The Morgan fingerprint density at radius 2 is 2.00 bits per heavy atom. The van der Waals surface area contributed by atoms with Crippen LogP contribution in [0.1, 0.15) is 35.2 Å². The number of hydrogen-bond donors (Lipinski definition) is 1. The van der Waals surface area contributed by atoms with Crippen LogP contribution in [0.2, 0.25) is 0 Å². The van der Waals surface area contributed by atoms with Gasteiger partial charge in [0.05, 0.1) is 6.61 Å². The molecule has 1 aliphatic carbocycles. The number of rotatable bonds is 6. The van der Waals surface area contributed by atoms with Gasteiger partial charge < -0.3 is 15.0 Å². The van der Waals surface area contributed by atoms with E-state index < -0.39 is 0 Å². The lowest BCUT2D eigenvalue weighted by Gasteiger charge is -2.23. The van der Waals surface area contributed by atoms with Crippen molar-refractivity contribution in [1.29, 1.82) is 0 Å². The Kier molecular flexibility index (Phi) is 5.30. The molecule has 0 aromatic heterocycles. The van der Waals surface area contributed by atoms with Crippen molar-refractivity contribution >= 4 is 17.9 Å². The van der Waals surface area contributed by atoms with Gasteiger partial charge in [-0.05, 0) is 43.0 Å². The van der Waals surface area contributed by atoms with Gasteiger partial charge in [0.15, 0.2) is 0 Å². The van der Waals surface area contributed by atoms with Crippen LogP contribution in [0.4, 0.5) is 0 Å². The molecule has 1 unspecified atom stereocenters. The van der Waals surface area contributed by atoms with E-state index in [2.05, 4.69) is 5.32 Å². The van der Waals surface area contributed by atoms with Gasteiger partial charge in [-0.25, -0.2) is 0 Å². The highest BCUT2D eigenvalue weighted by molar-refractivity contribution is 5.95. The summed E-state index contributed by atoms with van der Waals surface area (Å²) in [5, 5.41) is 2.59. The van der Waals surface area contributed by atoms with Gasteiger partial charge in [-0.2, -0.15) is 0 Å². The van der Waals surface area contributed by atoms with E-state index in [0.717, 1.165) is 44.6 Å². The maximum atomic E-state index is 12.5. The first-order chi connectivity index (χ1) is 11.7. The SMILES string of the molecule is CNC(=O)c1ccc(C=CC(=O)N(CC2CCOC2)C2CC2)cc1. The molecule has 1 heterocycles. The zero-order valence-corrected chi connectivity index (χ0v) is 14.0. The normalized spacial score (nSPS) is 20.3. The average Bonchev–Trinajstić information content (AvgIpc) is 3.33. The van der Waals surface area contributed by atoms with Crippen molar-refractivity contribution < 1.29 is 14.3 Å². The van der Waals surface area contributed by atoms with E-state index in [0.29, 0.717) is 17.5 Å². The minimum atomic E-state index is -0.111. The number of amides is 2. The number of carbonyl (C=O) groups excluding carboxylic acids is 2. The summed E-state index contributed by atoms with van der Waals surface area (Å²) in [6, 6.07) is 7.62. The third kappa shape index (κ3) is 4.23. The molecule has 1 N–H and O–H groups in total. The Bertz CT molecular complexity index is 614. The summed E-state index contributed by atoms with van der Waals surface area (Å²) in [6.07, 6.45) is 6.71. The van der Waals surface area contributed by atoms with Gasteiger partial charge in [0.2, 0.25) is 5.91 Å². The lowest BCUT2D eigenvalue weighted by atomic mass is 10.1. The summed E-state index contributed by atoms with van der Waals surface area (Å²) in [4.78, 5) is 26.1. The lowest BCUT2D eigenvalue weighted by Crippen LogP contribution is -2.36. The minimum Gasteiger partial charge on any atom is -0.381 e. The lowest BCUT2D eigenvalue weighted by molar-refractivity contribution is -0.127. The summed E-state index contributed by atoms with van der Waals surface area (Å²) in [5.41, 5.74) is 1.53. The quantitative estimate of drug-likeness (QED) is 0.814. The second kappa shape index (κ2) is 7.62. The summed E-state index contributed by atoms with van der Waals surface area (Å²) >= 11 is 0. The molecule has 0 radical (unpaired) electrons. The molecule has 2 amide bonds. The molecular formula is C19H24N2O3. The van der Waals surface area contributed by atoms with Crippen molar-refractivity contribution in [3.63, 3.8) is 0 Å². The van der Waals surface area contributed by atoms with Crippen molar-refractivity contribution in [1.82, 2.24) is 10.2 Å². The molecule has 2 fully saturated rings. The van der Waals surface area contributed by atoms with Gasteiger partial charge >= 0.3 is 0 Å². The highest BCUT2D eigenvalue weighted by Gasteiger charge is 2.33. The van der Waals surface area contributed by atoms with Crippen LogP contribution in [0.5, 0.6) is 0 Å². The molecule has 3 rings (SSSR count). The molecule has 24 heavy (non-hydrogen) atoms. The number of hydrogen-bond acceptors (Lipinski definition) is 3. The molecule has 1 aromatic carbocycles. The Balaban J connectivity index is 1.61. The van der Waals surface area contributed by atoms with E-state index in [1.807, 2.05) is 23.1 Å². The monoisotopic (exact) mass is 328 g/mol. The second-order valence-corrected chi connectivity index (χ2v) is 6.49. The van der Waals surface area contributed by atoms with Gasteiger partial charge in [0.1, 0.15) is 0 Å². The molecule has 1 aromatic rings. The van der Waals surface area contributed by atoms with Crippen molar-refractivity contribution in [3.05, 3.63) is 41.5 Å². The summed E-state index contributed by atoms with van der Waals surface area (Å²) < 4.78 is 5.42. The number of nitrogens with zero attached hydrogens (tertiary/aromatic N) is 1. The van der Waals surface area contributed by atoms with Crippen LogP contribution in [0.3, 0.4) is 0 Å². The fourth-order valence-electron chi connectivity index (χ4n) is 2.96. The van der Waals surface area contributed by atoms with E-state index >= 15 is 0 Å². The molecule has 1 saturated carbocycles. The molecule has 128 valence electrons. The minimum absolute atomic E-state index is 0.0692. The maximum absolute atomic E-state index is 12.5. The third-order valence-corrected chi connectivity index (χ3v) is 4.57. The van der Waals surface area contributed by atoms with Gasteiger partial charge in [-0.3, -0.25) is 9.59 Å². The molecule has 1 saturated heterocycles. The Morgan fingerprint density at radius 3 is 2.58 bits per heavy atom. The molecule has 5 heteroatoms. The highest BCUT2D eigenvalue weighted by atomic mass is 16.5. The van der Waals surface area contributed by atoms with E-state index in [9.17, 15) is 9.59 Å². The largest absolute Gasteiger partial charge is 0.381 e. The van der Waals surface area contributed by atoms with Crippen LogP contribution in [0.15, 0.2) is 30.3 Å². The van der Waals surface area contributed by atoms with Crippen LogP contribution in [0.25, 0.3) is 6.08 Å². The van der Waals surface area contributed by atoms with Crippen LogP contribution < -0.4 is 5.32 Å². The summed E-state index contributed by atoms with van der Waals surface area (Å²) in [7, 11) is 1.61. The number of benzene rings is 1. The summed E-state index contributed by atoms with van der Waals surface area (Å²) in [6.45, 7) is 2.37. The smallest absolute Gasteiger partial charge is 0.251 e. The second-order valence-electron chi connectivity index (χ2n) is 6.49. The number of carbonyl (C=O) groups is 2. The first kappa shape index (κ1) is 16.7. The van der Waals surface area contributed by atoms with E-state index in [4.69, 9.17) is 4.74 Å². The Labute approximate surface area is 142 Å². The zero-order valence-electron chi connectivity index (χ0n) is 14.0. The van der Waals surface area contributed by atoms with Crippen molar-refractivity contribution in [2.24, 2.45) is 5.92 Å². The fourth-order valence-corrected chi connectivity index (χ4v) is 2.96. The van der Waals surface area contributed by atoms with E-state index in [-0.39, 0.29) is 11.8 Å². The Hall–Kier alpha value is -2.14. The molecular weight excluding hydrogens is 304 g/mol. The van der Waals surface area contributed by atoms with Crippen molar-refractivity contribution in [2.75, 3.05) is 26.8 Å². The molecule has 0 spiro atoms. The molecule has 1 aliphatic heterocycles. The van der Waals surface area contributed by atoms with Gasteiger partial charge in [0, 0.05) is 43.8 Å². The third-order valence-electron chi connectivity index (χ3n) is 4.57. The summed E-state index contributed by atoms with van der Waals surface area (Å²) in [5.74, 6) is 0.426. The first-order valence-corrected chi connectivity index (χ1v) is 8.56. The van der Waals surface area contributed by atoms with Gasteiger partial charge in [0.25, 0.3) is 5.91 Å². The van der Waals surface area contributed by atoms with Crippen LogP contribution >= 0.6 is 0 Å². The van der Waals surface area contributed by atoms with E-state index in [1.54, 1.807) is 25.3 Å². The van der Waals surface area contributed by atoms with Crippen LogP contribution in [0, 0.1) is 5.92 Å². The average molecular weight is 328 g/mol. The van der Waals surface area contributed by atoms with Crippen molar-refractivity contribution in [3.8, 4) is 0 Å². The van der Waals surface area contributed by atoms with Crippen LogP contribution in [-0.2, 0) is 9.53 Å². The molecule has 5 nitrogen and oxygen atoms in total. The molecule has 2 aliphatic rings. The van der Waals surface area contributed by atoms with Crippen LogP contribution in [-0.4, -0.2) is 49.6 Å². The molecule has 1 atom stereocenters. The predicted octanol–water partition coefficient (Wildman–Crippen LogP) is 2.09. The zero-order chi connectivity index (χ0) is 16.9. The maximum Gasteiger partial charge on any atom is 0.251 e. The standard InChI is InChI=1S/C19H24N2O3/c1-20-19(23)16-5-2-14(3-6-16)4-9-18(22)21(17-7-8-17)12-15-10-11-24-13-15/h2-6,9,15,17H,7-8,10-13H2,1H3,(H,20,23).